The van der Waals surface area contributed by atoms with Crippen molar-refractivity contribution in [1.29, 1.82) is 0 Å². The summed E-state index contributed by atoms with van der Waals surface area (Å²) in [6.07, 6.45) is 0. The van der Waals surface area contributed by atoms with Crippen molar-refractivity contribution in [3.63, 3.8) is 0 Å². The van der Waals surface area contributed by atoms with Crippen LogP contribution in [0.3, 0.4) is 0 Å². The predicted molar refractivity (Wildman–Crippen MR) is 211 cm³/mol. The molecule has 240 valence electrons. The Balaban J connectivity index is 1.19. The van der Waals surface area contributed by atoms with Gasteiger partial charge in [0, 0.05) is 38.2 Å². The van der Waals surface area contributed by atoms with Crippen molar-refractivity contribution in [2.75, 3.05) is 0 Å². The van der Waals surface area contributed by atoms with Crippen LogP contribution in [-0.2, 0) is 0 Å². The van der Waals surface area contributed by atoms with Crippen molar-refractivity contribution < 1.29 is 8.83 Å². The molecule has 7 aromatic carbocycles. The lowest BCUT2D eigenvalue weighted by Crippen LogP contribution is -1.96. The lowest BCUT2D eigenvalue weighted by atomic mass is 9.93. The molecule has 0 bridgehead atoms. The monoisotopic (exact) mass is 653 g/mol. The maximum Gasteiger partial charge on any atom is 0.144 e. The third-order valence-electron chi connectivity index (χ3n) is 10.1. The lowest BCUT2D eigenvalue weighted by molar-refractivity contribution is 0.670. The van der Waals surface area contributed by atoms with Crippen LogP contribution in [0.4, 0.5) is 0 Å². The Hall–Kier alpha value is -6.71. The molecule has 0 aliphatic rings. The first-order chi connectivity index (χ1) is 25.2. The highest BCUT2D eigenvalue weighted by Crippen LogP contribution is 2.43. The van der Waals surface area contributed by atoms with Crippen LogP contribution in [0.2, 0.25) is 0 Å². The van der Waals surface area contributed by atoms with E-state index in [1.54, 1.807) is 0 Å². The standard InChI is InChI=1S/C48H31NO2/c1-30-42(40-21-11-19-38-36-25-23-34(27-44(36)50-47(38)40)31-13-5-2-6-14-31)29-43(33-17-9-4-10-18-33)49-46(30)41-22-12-20-39-37-26-24-35(28-45(37)51-48(39)41)32-15-7-3-8-16-32/h2-29H,1H3. The minimum atomic E-state index is 0.833. The summed E-state index contributed by atoms with van der Waals surface area (Å²) in [5.41, 5.74) is 15.0. The summed E-state index contributed by atoms with van der Waals surface area (Å²) in [5.74, 6) is 0. The van der Waals surface area contributed by atoms with Gasteiger partial charge in [-0.05, 0) is 76.7 Å². The number of pyridine rings is 1. The van der Waals surface area contributed by atoms with Crippen molar-refractivity contribution in [1.82, 2.24) is 4.98 Å². The van der Waals surface area contributed by atoms with Gasteiger partial charge in [-0.15, -0.1) is 0 Å². The zero-order chi connectivity index (χ0) is 33.9. The van der Waals surface area contributed by atoms with Gasteiger partial charge in [0.15, 0.2) is 0 Å². The summed E-state index contributed by atoms with van der Waals surface area (Å²) in [6.45, 7) is 2.16. The second kappa shape index (κ2) is 11.7. The molecule has 3 heterocycles. The third-order valence-corrected chi connectivity index (χ3v) is 10.1. The van der Waals surface area contributed by atoms with Crippen LogP contribution in [0, 0.1) is 6.92 Å². The molecule has 51 heavy (non-hydrogen) atoms. The number of para-hydroxylation sites is 2. The molecule has 3 heteroatoms. The van der Waals surface area contributed by atoms with E-state index >= 15 is 0 Å². The van der Waals surface area contributed by atoms with Crippen LogP contribution in [0.1, 0.15) is 5.56 Å². The van der Waals surface area contributed by atoms with E-state index in [0.29, 0.717) is 0 Å². The molecule has 0 spiro atoms. The second-order valence-electron chi connectivity index (χ2n) is 13.1. The number of hydrogen-bond donors (Lipinski definition) is 0. The van der Waals surface area contributed by atoms with Crippen LogP contribution in [0.5, 0.6) is 0 Å². The number of aromatic nitrogens is 1. The molecule has 3 nitrogen and oxygen atoms in total. The Morgan fingerprint density at radius 3 is 1.41 bits per heavy atom. The molecule has 0 aliphatic heterocycles. The fourth-order valence-corrected chi connectivity index (χ4v) is 7.52. The van der Waals surface area contributed by atoms with Crippen LogP contribution < -0.4 is 0 Å². The average Bonchev–Trinajstić information content (AvgIpc) is 3.77. The van der Waals surface area contributed by atoms with Gasteiger partial charge in [-0.1, -0.05) is 133 Å². The maximum atomic E-state index is 6.77. The Morgan fingerprint density at radius 2 is 0.863 bits per heavy atom. The summed E-state index contributed by atoms with van der Waals surface area (Å²) in [7, 11) is 0. The van der Waals surface area contributed by atoms with Crippen molar-refractivity contribution in [3.8, 4) is 55.9 Å². The normalized spacial score (nSPS) is 11.6. The fourth-order valence-electron chi connectivity index (χ4n) is 7.52. The lowest BCUT2D eigenvalue weighted by Gasteiger charge is -2.15. The molecule has 0 amide bonds. The highest BCUT2D eigenvalue weighted by Gasteiger charge is 2.21. The fraction of sp³-hybridized carbons (Fsp3) is 0.0208. The van der Waals surface area contributed by atoms with Gasteiger partial charge in [-0.2, -0.15) is 0 Å². The number of fused-ring (bicyclic) bond motifs is 6. The molecule has 0 N–H and O–H groups in total. The van der Waals surface area contributed by atoms with Gasteiger partial charge < -0.3 is 8.83 Å². The summed E-state index contributed by atoms with van der Waals surface area (Å²) in [4.78, 5) is 5.36. The van der Waals surface area contributed by atoms with Crippen LogP contribution in [0.25, 0.3) is 99.8 Å². The highest BCUT2D eigenvalue weighted by atomic mass is 16.3. The van der Waals surface area contributed by atoms with Gasteiger partial charge in [0.1, 0.15) is 22.3 Å². The minimum Gasteiger partial charge on any atom is -0.455 e. The first-order valence-electron chi connectivity index (χ1n) is 17.3. The smallest absolute Gasteiger partial charge is 0.144 e. The van der Waals surface area contributed by atoms with E-state index in [0.717, 1.165) is 99.8 Å². The highest BCUT2D eigenvalue weighted by molar-refractivity contribution is 6.12. The van der Waals surface area contributed by atoms with Gasteiger partial charge in [-0.3, -0.25) is 0 Å². The largest absolute Gasteiger partial charge is 0.455 e. The van der Waals surface area contributed by atoms with Crippen molar-refractivity contribution in [2.45, 2.75) is 6.92 Å². The van der Waals surface area contributed by atoms with Crippen molar-refractivity contribution in [2.24, 2.45) is 0 Å². The van der Waals surface area contributed by atoms with Crippen LogP contribution in [-0.4, -0.2) is 4.98 Å². The summed E-state index contributed by atoms with van der Waals surface area (Å²) in [5, 5.41) is 4.35. The van der Waals surface area contributed by atoms with Crippen LogP contribution >= 0.6 is 0 Å². The molecular weight excluding hydrogens is 623 g/mol. The maximum absolute atomic E-state index is 6.77. The predicted octanol–water partition coefficient (Wildman–Crippen LogP) is 13.5. The van der Waals surface area contributed by atoms with Crippen LogP contribution in [0.15, 0.2) is 179 Å². The quantitative estimate of drug-likeness (QED) is 0.186. The first-order valence-corrected chi connectivity index (χ1v) is 17.3. The van der Waals surface area contributed by atoms with Gasteiger partial charge in [0.2, 0.25) is 0 Å². The zero-order valence-electron chi connectivity index (χ0n) is 27.9. The van der Waals surface area contributed by atoms with E-state index in [4.69, 9.17) is 13.8 Å². The van der Waals surface area contributed by atoms with Gasteiger partial charge >= 0.3 is 0 Å². The van der Waals surface area contributed by atoms with Crippen molar-refractivity contribution >= 4 is 43.9 Å². The Labute approximate surface area is 295 Å². The Bertz CT molecular complexity index is 2720. The Morgan fingerprint density at radius 1 is 0.373 bits per heavy atom. The molecule has 10 rings (SSSR count). The number of furan rings is 2. The number of benzene rings is 7. The molecule has 3 aromatic heterocycles. The molecule has 0 saturated heterocycles. The second-order valence-corrected chi connectivity index (χ2v) is 13.1. The van der Waals surface area contributed by atoms with Gasteiger partial charge in [0.05, 0.1) is 11.4 Å². The average molecular weight is 654 g/mol. The molecule has 0 atom stereocenters. The molecular formula is C48H31NO2. The Kier molecular flexibility index (Phi) is 6.71. The van der Waals surface area contributed by atoms with Crippen molar-refractivity contribution in [3.05, 3.63) is 175 Å². The first kappa shape index (κ1) is 29.2. The molecule has 0 aliphatic carbocycles. The van der Waals surface area contributed by atoms with Gasteiger partial charge in [-0.25, -0.2) is 4.98 Å². The van der Waals surface area contributed by atoms with E-state index in [1.807, 2.05) is 18.2 Å². The van der Waals surface area contributed by atoms with E-state index < -0.39 is 0 Å². The molecule has 0 saturated carbocycles. The molecule has 0 radical (unpaired) electrons. The van der Waals surface area contributed by atoms with E-state index in [-0.39, 0.29) is 0 Å². The number of hydrogen-bond acceptors (Lipinski definition) is 3. The topological polar surface area (TPSA) is 39.2 Å². The number of rotatable bonds is 5. The van der Waals surface area contributed by atoms with E-state index in [2.05, 4.69) is 159 Å². The molecule has 0 fully saturated rings. The summed E-state index contributed by atoms with van der Waals surface area (Å²) < 4.78 is 13.5. The summed E-state index contributed by atoms with van der Waals surface area (Å²) >= 11 is 0. The molecule has 0 unspecified atom stereocenters. The van der Waals surface area contributed by atoms with E-state index in [1.165, 1.54) is 5.56 Å². The zero-order valence-corrected chi connectivity index (χ0v) is 27.9. The molecule has 10 aromatic rings. The minimum absolute atomic E-state index is 0.833. The SMILES string of the molecule is Cc1c(-c2cccc3c2oc2cc(-c4ccccc4)ccc23)cc(-c2ccccc2)nc1-c1cccc2c1oc1cc(-c3ccccc3)ccc12. The summed E-state index contributed by atoms with van der Waals surface area (Å²) in [6, 6.07) is 59.3. The third kappa shape index (κ3) is 4.86. The van der Waals surface area contributed by atoms with Gasteiger partial charge in [0.25, 0.3) is 0 Å². The number of nitrogens with zero attached hydrogens (tertiary/aromatic N) is 1. The van der Waals surface area contributed by atoms with E-state index in [9.17, 15) is 0 Å².